The summed E-state index contributed by atoms with van der Waals surface area (Å²) in [6, 6.07) is 1.90. The minimum atomic E-state index is -3.09. The van der Waals surface area contributed by atoms with Crippen molar-refractivity contribution in [2.24, 2.45) is 5.73 Å². The molecule has 128 valence electrons. The Kier molecular flexibility index (Phi) is 5.09. The molecular formula is C15H17F2N5O2. The fraction of sp³-hybridized carbons (Fsp3) is 0.467. The Balaban J connectivity index is 2.06. The summed E-state index contributed by atoms with van der Waals surface area (Å²) in [6.45, 7) is 7.69. The number of nitrogens with zero attached hydrogens (tertiary/aromatic N) is 3. The van der Waals surface area contributed by atoms with Crippen LogP contribution in [0.15, 0.2) is 18.3 Å². The van der Waals surface area contributed by atoms with Crippen LogP contribution in [0.1, 0.15) is 29.4 Å². The standard InChI is InChI=1S/C15H17F2N5O2/c1-9(14(24)22-8-15(16,17)6-12(22)19-2)21-13(23)10-3-4-20-11(5-10)7-18/h3-5,9,12H,6-8,18H2,1H3,(H,21,23)/t9-,12-/m0/s1. The summed E-state index contributed by atoms with van der Waals surface area (Å²) < 4.78 is 26.8. The van der Waals surface area contributed by atoms with Crippen molar-refractivity contribution in [3.8, 4) is 0 Å². The number of nitrogens with two attached hydrogens (primary N) is 1. The molecule has 0 spiro atoms. The molecule has 1 fully saturated rings. The first-order chi connectivity index (χ1) is 11.3. The van der Waals surface area contributed by atoms with Crippen LogP contribution in [0.4, 0.5) is 8.78 Å². The van der Waals surface area contributed by atoms with Crippen molar-refractivity contribution < 1.29 is 18.4 Å². The summed E-state index contributed by atoms with van der Waals surface area (Å²) in [7, 11) is 0. The summed E-state index contributed by atoms with van der Waals surface area (Å²) in [5.41, 5.74) is 6.22. The van der Waals surface area contributed by atoms with Crippen LogP contribution in [-0.2, 0) is 11.3 Å². The predicted octanol–water partition coefficient (Wildman–Crippen LogP) is 0.772. The summed E-state index contributed by atoms with van der Waals surface area (Å²) in [5.74, 6) is -4.34. The van der Waals surface area contributed by atoms with E-state index in [4.69, 9.17) is 12.3 Å². The molecule has 7 nitrogen and oxygen atoms in total. The molecule has 2 rings (SSSR count). The second-order valence-electron chi connectivity index (χ2n) is 5.57. The predicted molar refractivity (Wildman–Crippen MR) is 80.7 cm³/mol. The molecule has 1 aliphatic heterocycles. The highest BCUT2D eigenvalue weighted by Gasteiger charge is 2.51. The third-order valence-electron chi connectivity index (χ3n) is 3.68. The molecule has 9 heteroatoms. The van der Waals surface area contributed by atoms with Gasteiger partial charge in [0.05, 0.1) is 12.2 Å². The number of hydrogen-bond acceptors (Lipinski definition) is 4. The normalized spacial score (nSPS) is 20.3. The number of likely N-dealkylation sites (tertiary alicyclic amines) is 1. The lowest BCUT2D eigenvalue weighted by Gasteiger charge is -2.21. The third-order valence-corrected chi connectivity index (χ3v) is 3.68. The van der Waals surface area contributed by atoms with Crippen molar-refractivity contribution in [3.05, 3.63) is 41.0 Å². The number of nitrogens with one attached hydrogen (secondary N) is 1. The molecule has 3 N–H and O–H groups in total. The topological polar surface area (TPSA) is 92.7 Å². The number of rotatable bonds is 4. The fourth-order valence-electron chi connectivity index (χ4n) is 2.46. The molecule has 1 saturated heterocycles. The fourth-order valence-corrected chi connectivity index (χ4v) is 2.46. The van der Waals surface area contributed by atoms with Gasteiger partial charge in [0.1, 0.15) is 12.5 Å². The van der Waals surface area contributed by atoms with Crippen molar-refractivity contribution in [2.75, 3.05) is 6.54 Å². The Hall–Kier alpha value is -2.60. The SMILES string of the molecule is [C-]#[N+][C@@H]1CC(F)(F)CN1C(=O)[C@H](C)NC(=O)c1ccnc(CN)c1. The van der Waals surface area contributed by atoms with E-state index in [9.17, 15) is 18.4 Å². The van der Waals surface area contributed by atoms with E-state index in [1.54, 1.807) is 0 Å². The zero-order valence-electron chi connectivity index (χ0n) is 13.0. The number of amides is 2. The van der Waals surface area contributed by atoms with Gasteiger partial charge in [-0.25, -0.2) is 15.4 Å². The van der Waals surface area contributed by atoms with E-state index in [-0.39, 0.29) is 12.1 Å². The van der Waals surface area contributed by atoms with Gasteiger partial charge in [-0.2, -0.15) is 0 Å². The number of aromatic nitrogens is 1. The van der Waals surface area contributed by atoms with Gasteiger partial charge in [-0.05, 0) is 19.1 Å². The van der Waals surface area contributed by atoms with Gasteiger partial charge in [0, 0.05) is 18.3 Å². The molecule has 0 aliphatic carbocycles. The van der Waals surface area contributed by atoms with Gasteiger partial charge in [-0.1, -0.05) is 0 Å². The Morgan fingerprint density at radius 3 is 2.96 bits per heavy atom. The van der Waals surface area contributed by atoms with Gasteiger partial charge in [0.15, 0.2) is 0 Å². The quantitative estimate of drug-likeness (QED) is 0.794. The van der Waals surface area contributed by atoms with Crippen LogP contribution in [-0.4, -0.2) is 46.4 Å². The maximum atomic E-state index is 13.4. The molecule has 1 aromatic heterocycles. The van der Waals surface area contributed by atoms with Crippen LogP contribution in [0.3, 0.4) is 0 Å². The van der Waals surface area contributed by atoms with E-state index < -0.39 is 42.9 Å². The molecule has 2 atom stereocenters. The van der Waals surface area contributed by atoms with Gasteiger partial charge in [0.2, 0.25) is 0 Å². The van der Waals surface area contributed by atoms with Crippen LogP contribution in [0.2, 0.25) is 0 Å². The van der Waals surface area contributed by atoms with Gasteiger partial charge < -0.3 is 11.1 Å². The lowest BCUT2D eigenvalue weighted by atomic mass is 10.2. The maximum Gasteiger partial charge on any atom is 0.306 e. The average Bonchev–Trinajstić information content (AvgIpc) is 2.88. The molecule has 0 bridgehead atoms. The molecule has 1 aliphatic rings. The molecule has 1 aromatic rings. The Labute approximate surface area is 137 Å². The zero-order chi connectivity index (χ0) is 17.9. The lowest BCUT2D eigenvalue weighted by Crippen LogP contribution is -2.48. The van der Waals surface area contributed by atoms with Gasteiger partial charge >= 0.3 is 6.17 Å². The second-order valence-corrected chi connectivity index (χ2v) is 5.57. The minimum Gasteiger partial charge on any atom is -0.341 e. The van der Waals surface area contributed by atoms with Crippen molar-refractivity contribution in [1.29, 1.82) is 0 Å². The van der Waals surface area contributed by atoms with Crippen LogP contribution < -0.4 is 11.1 Å². The van der Waals surface area contributed by atoms with E-state index in [1.807, 2.05) is 0 Å². The molecule has 2 amide bonds. The maximum absolute atomic E-state index is 13.4. The number of alkyl halides is 2. The monoisotopic (exact) mass is 337 g/mol. The molecule has 2 heterocycles. The molecule has 0 radical (unpaired) electrons. The van der Waals surface area contributed by atoms with Crippen LogP contribution in [0.25, 0.3) is 4.85 Å². The van der Waals surface area contributed by atoms with E-state index in [0.717, 1.165) is 4.90 Å². The Morgan fingerprint density at radius 2 is 2.33 bits per heavy atom. The first-order valence-electron chi connectivity index (χ1n) is 7.28. The Morgan fingerprint density at radius 1 is 1.62 bits per heavy atom. The third kappa shape index (κ3) is 3.83. The van der Waals surface area contributed by atoms with E-state index in [1.165, 1.54) is 25.3 Å². The molecule has 24 heavy (non-hydrogen) atoms. The minimum absolute atomic E-state index is 0.158. The number of carbonyl (C=O) groups is 2. The van der Waals surface area contributed by atoms with Gasteiger partial charge in [0.25, 0.3) is 17.7 Å². The van der Waals surface area contributed by atoms with Crippen LogP contribution >= 0.6 is 0 Å². The summed E-state index contributed by atoms with van der Waals surface area (Å²) in [6.07, 6.45) is -0.483. The highest BCUT2D eigenvalue weighted by Crippen LogP contribution is 2.33. The summed E-state index contributed by atoms with van der Waals surface area (Å²) in [5, 5.41) is 2.45. The summed E-state index contributed by atoms with van der Waals surface area (Å²) in [4.78, 5) is 32.3. The van der Waals surface area contributed by atoms with Crippen molar-refractivity contribution >= 4 is 11.8 Å². The molecule has 0 saturated carbocycles. The average molecular weight is 337 g/mol. The number of hydrogen-bond donors (Lipinski definition) is 2. The van der Waals surface area contributed by atoms with Crippen molar-refractivity contribution in [1.82, 2.24) is 15.2 Å². The highest BCUT2D eigenvalue weighted by atomic mass is 19.3. The van der Waals surface area contributed by atoms with Gasteiger partial charge in [-0.3, -0.25) is 24.3 Å². The van der Waals surface area contributed by atoms with E-state index >= 15 is 0 Å². The Bertz CT molecular complexity index is 689. The van der Waals surface area contributed by atoms with Crippen molar-refractivity contribution in [2.45, 2.75) is 38.0 Å². The largest absolute Gasteiger partial charge is 0.341 e. The van der Waals surface area contributed by atoms with Crippen LogP contribution in [0, 0.1) is 6.57 Å². The second kappa shape index (κ2) is 6.88. The van der Waals surface area contributed by atoms with Crippen LogP contribution in [0.5, 0.6) is 0 Å². The number of pyridine rings is 1. The number of halogens is 2. The van der Waals surface area contributed by atoms with Gasteiger partial charge in [-0.15, -0.1) is 0 Å². The summed E-state index contributed by atoms with van der Waals surface area (Å²) >= 11 is 0. The van der Waals surface area contributed by atoms with E-state index in [2.05, 4.69) is 15.1 Å². The number of carbonyl (C=O) groups excluding carboxylic acids is 2. The van der Waals surface area contributed by atoms with E-state index in [0.29, 0.717) is 5.69 Å². The molecule has 0 unspecified atom stereocenters. The first-order valence-corrected chi connectivity index (χ1v) is 7.28. The smallest absolute Gasteiger partial charge is 0.306 e. The highest BCUT2D eigenvalue weighted by molar-refractivity contribution is 5.97. The molecule has 0 aromatic carbocycles. The molecular weight excluding hydrogens is 320 g/mol. The lowest BCUT2D eigenvalue weighted by molar-refractivity contribution is -0.134. The zero-order valence-corrected chi connectivity index (χ0v) is 13.0. The van der Waals surface area contributed by atoms with Crippen molar-refractivity contribution in [3.63, 3.8) is 0 Å². The first kappa shape index (κ1) is 17.7.